The average Bonchev–Trinajstić information content (AvgIpc) is 4.16. The first-order chi connectivity index (χ1) is 33.3. The third-order valence-electron chi connectivity index (χ3n) is 10.00. The molecule has 0 fully saturated rings. The molecule has 0 aliphatic heterocycles. The molecule has 6 rings (SSSR count). The van der Waals surface area contributed by atoms with Crippen molar-refractivity contribution in [3.05, 3.63) is 96.4 Å². The molecule has 5 atom stereocenters. The number of carboxylic acid groups (broad SMARTS) is 1. The normalized spacial score (nSPS) is 13.2. The summed E-state index contributed by atoms with van der Waals surface area (Å²) in [6.07, 6.45) is 9.35. The zero-order chi connectivity index (χ0) is 49.3. The van der Waals surface area contributed by atoms with Crippen molar-refractivity contribution in [2.75, 3.05) is 16.8 Å². The molecule has 0 aliphatic rings. The number of nitrogen functional groups attached to an aromatic ring is 1. The minimum atomic E-state index is -1.43. The molecule has 29 heteroatoms. The topological polar surface area (TPSA) is 416 Å². The first-order valence-corrected chi connectivity index (χ1v) is 22.9. The van der Waals surface area contributed by atoms with Crippen LogP contribution >= 0.6 is 21.9 Å². The molecule has 0 saturated heterocycles. The van der Waals surface area contributed by atoms with Crippen LogP contribution in [0.2, 0.25) is 0 Å². The summed E-state index contributed by atoms with van der Waals surface area (Å²) in [6, 6.07) is -0.350. The number of rotatable bonds is 26. The van der Waals surface area contributed by atoms with Crippen LogP contribution in [0.25, 0.3) is 11.2 Å². The summed E-state index contributed by atoms with van der Waals surface area (Å²) >= 11 is 0.320. The Hall–Kier alpha value is -8.18. The Morgan fingerprint density at radius 1 is 0.725 bits per heavy atom. The van der Waals surface area contributed by atoms with Crippen LogP contribution in [-0.2, 0) is 54.6 Å². The highest BCUT2D eigenvalue weighted by molar-refractivity contribution is 8.74. The van der Waals surface area contributed by atoms with E-state index in [1.165, 1.54) is 55.9 Å². The van der Waals surface area contributed by atoms with Crippen LogP contribution in [0.3, 0.4) is 0 Å². The van der Waals surface area contributed by atoms with Crippen LogP contribution in [0, 0.1) is 0 Å². The van der Waals surface area contributed by atoms with Crippen molar-refractivity contribution in [3.8, 4) is 5.88 Å². The smallest absolute Gasteiger partial charge is 0.327 e. The Morgan fingerprint density at radius 3 is 1.78 bits per heavy atom. The second-order valence-electron chi connectivity index (χ2n) is 15.0. The second kappa shape index (κ2) is 24.5. The van der Waals surface area contributed by atoms with E-state index in [2.05, 4.69) is 81.7 Å². The van der Waals surface area contributed by atoms with E-state index in [0.717, 1.165) is 10.8 Å². The Kier molecular flexibility index (Phi) is 17.9. The van der Waals surface area contributed by atoms with E-state index >= 15 is 0 Å². The van der Waals surface area contributed by atoms with Gasteiger partial charge in [0.25, 0.3) is 5.91 Å². The number of carbonyl (C=O) groups is 7. The van der Waals surface area contributed by atoms with Crippen LogP contribution < -0.4 is 37.6 Å². The zero-order valence-corrected chi connectivity index (χ0v) is 37.6. The Balaban J connectivity index is 1.07. The van der Waals surface area contributed by atoms with Crippen molar-refractivity contribution in [2.45, 2.75) is 68.9 Å². The van der Waals surface area contributed by atoms with Gasteiger partial charge in [0.1, 0.15) is 30.5 Å². The average molecular weight is 988 g/mol. The highest BCUT2D eigenvalue weighted by Gasteiger charge is 2.33. The molecular formula is C40H45N17O10S2. The number of H-pyrrole nitrogens is 3. The van der Waals surface area contributed by atoms with Gasteiger partial charge in [-0.25, -0.2) is 29.7 Å². The van der Waals surface area contributed by atoms with Crippen molar-refractivity contribution in [1.82, 2.24) is 76.4 Å². The molecule has 0 bridgehead atoms. The van der Waals surface area contributed by atoms with Crippen molar-refractivity contribution in [2.24, 2.45) is 0 Å². The van der Waals surface area contributed by atoms with Gasteiger partial charge in [0.05, 0.1) is 54.5 Å². The SMILES string of the molecule is Nc1nc(O)c2nc(CNc3ccc(C(=O)N[C@H](C=O)CCC(=O)NC(Cc4cnc[nH]4)C(=O)NC(Cc4cnc[nH]4)C(=O)NC(Cc4cnc[nH]4)C(=O)NC(CSSO)C(=O)O)cc3)cnc2n1. The molecule has 0 radical (unpaired) electrons. The van der Waals surface area contributed by atoms with Crippen molar-refractivity contribution in [3.63, 3.8) is 0 Å². The van der Waals surface area contributed by atoms with E-state index in [0.29, 0.717) is 45.8 Å². The molecule has 14 N–H and O–H groups in total. The number of aromatic amines is 3. The van der Waals surface area contributed by atoms with Crippen molar-refractivity contribution < 1.29 is 48.3 Å². The molecule has 4 unspecified atom stereocenters. The third-order valence-corrected chi connectivity index (χ3v) is 11.3. The lowest BCUT2D eigenvalue weighted by molar-refractivity contribution is -0.141. The largest absolute Gasteiger partial charge is 0.492 e. The summed E-state index contributed by atoms with van der Waals surface area (Å²) < 4.78 is 9.12. The van der Waals surface area contributed by atoms with Gasteiger partial charge in [-0.1, -0.05) is 10.8 Å². The molecule has 5 aromatic heterocycles. The van der Waals surface area contributed by atoms with Gasteiger partial charge in [0.2, 0.25) is 35.5 Å². The minimum Gasteiger partial charge on any atom is -0.492 e. The fourth-order valence-corrected chi connectivity index (χ4v) is 7.52. The van der Waals surface area contributed by atoms with Gasteiger partial charge in [0.15, 0.2) is 11.2 Å². The fourth-order valence-electron chi connectivity index (χ4n) is 6.51. The Morgan fingerprint density at radius 2 is 1.28 bits per heavy atom. The number of hydrogen-bond acceptors (Lipinski definition) is 20. The van der Waals surface area contributed by atoms with Crippen molar-refractivity contribution >= 4 is 86.5 Å². The number of aliphatic carboxylic acids is 1. The number of hydrogen-bond donors (Lipinski definition) is 13. The maximum atomic E-state index is 14.1. The lowest BCUT2D eigenvalue weighted by Crippen LogP contribution is -2.59. The monoisotopic (exact) mass is 987 g/mol. The summed E-state index contributed by atoms with van der Waals surface area (Å²) in [7, 11) is 0.782. The summed E-state index contributed by atoms with van der Waals surface area (Å²) in [4.78, 5) is 129. The van der Waals surface area contributed by atoms with E-state index in [1.54, 1.807) is 12.1 Å². The highest BCUT2D eigenvalue weighted by atomic mass is 33.1. The molecule has 69 heavy (non-hydrogen) atoms. The summed E-state index contributed by atoms with van der Waals surface area (Å²) in [5, 5.41) is 35.7. The van der Waals surface area contributed by atoms with E-state index in [9.17, 15) is 43.8 Å². The number of aldehydes is 1. The molecule has 1 aromatic carbocycles. The number of nitrogens with zero attached hydrogens (tertiary/aromatic N) is 7. The van der Waals surface area contributed by atoms with Crippen LogP contribution in [0.1, 0.15) is 46.0 Å². The minimum absolute atomic E-state index is 0.0777. The summed E-state index contributed by atoms with van der Waals surface area (Å²) in [5.41, 5.74) is 8.29. The fraction of sp³-hybridized carbons (Fsp3) is 0.300. The number of carboxylic acids is 1. The quantitative estimate of drug-likeness (QED) is 0.0179. The summed E-state index contributed by atoms with van der Waals surface area (Å²) in [6.45, 7) is 0.192. The van der Waals surface area contributed by atoms with Crippen LogP contribution in [0.5, 0.6) is 5.88 Å². The number of carbonyl (C=O) groups excluding carboxylic acids is 6. The predicted molar refractivity (Wildman–Crippen MR) is 246 cm³/mol. The lowest BCUT2D eigenvalue weighted by Gasteiger charge is -2.26. The zero-order valence-electron chi connectivity index (χ0n) is 36.0. The van der Waals surface area contributed by atoms with E-state index < -0.39 is 71.6 Å². The number of nitrogens with one attached hydrogen (secondary N) is 9. The van der Waals surface area contributed by atoms with Gasteiger partial charge in [-0.2, -0.15) is 9.97 Å². The molecule has 5 heterocycles. The number of benzene rings is 1. The standard InChI is InChI=1S/C40H45N17O10S2/c41-40-56-33-32(38(64)57-40)50-26(14-46-33)13-45-21-3-1-20(2-4-21)34(60)51-22(15-58)5-6-31(59)52-27(7-23-10-42-17-47-23)35(61)53-28(8-24-11-43-18-48-24)36(62)54-29(9-25-12-44-19-49-25)37(63)55-30(39(65)66)16-68-69-67/h1-4,10-12,14-15,17-19,22,27-30,45,67H,5-9,13,16H2,(H,42,47)(H,43,48)(H,44,49)(H,51,60)(H,52,59)(H,53,61)(H,54,62)(H,55,63)(H,65,66)(H3,41,46,56,57,64)/t22-,27?,28?,29?,30?/m0/s1. The Labute approximate surface area is 397 Å². The molecule has 0 spiro atoms. The van der Waals surface area contributed by atoms with E-state index in [1.807, 2.05) is 0 Å². The molecule has 6 aromatic rings. The predicted octanol–water partition coefficient (Wildman–Crippen LogP) is -0.827. The lowest BCUT2D eigenvalue weighted by atomic mass is 10.1. The number of fused-ring (bicyclic) bond motifs is 1. The number of amides is 5. The maximum absolute atomic E-state index is 14.1. The van der Waals surface area contributed by atoms with E-state index in [4.69, 9.17) is 10.3 Å². The van der Waals surface area contributed by atoms with Gasteiger partial charge < -0.3 is 72.1 Å². The third kappa shape index (κ3) is 14.9. The van der Waals surface area contributed by atoms with E-state index in [-0.39, 0.29) is 67.1 Å². The maximum Gasteiger partial charge on any atom is 0.327 e. The van der Waals surface area contributed by atoms with Gasteiger partial charge in [-0.15, -0.1) is 0 Å². The van der Waals surface area contributed by atoms with Gasteiger partial charge in [0, 0.05) is 78.4 Å². The second-order valence-corrected chi connectivity index (χ2v) is 16.8. The highest BCUT2D eigenvalue weighted by Crippen LogP contribution is 2.20. The van der Waals surface area contributed by atoms with Gasteiger partial charge in [-0.3, -0.25) is 24.0 Å². The molecule has 5 amide bonds. The first-order valence-electron chi connectivity index (χ1n) is 20.6. The molecular weight excluding hydrogens is 943 g/mol. The Bertz CT molecular complexity index is 2700. The van der Waals surface area contributed by atoms with Crippen LogP contribution in [0.15, 0.2) is 68.0 Å². The van der Waals surface area contributed by atoms with Crippen LogP contribution in [0.4, 0.5) is 11.6 Å². The molecule has 362 valence electrons. The molecule has 0 saturated carbocycles. The first kappa shape index (κ1) is 50.2. The number of nitrogens with two attached hydrogens (primary N) is 1. The number of aromatic nitrogens is 10. The number of aromatic hydroxyl groups is 1. The van der Waals surface area contributed by atoms with Crippen molar-refractivity contribution in [1.29, 1.82) is 0 Å². The van der Waals surface area contributed by atoms with Gasteiger partial charge in [-0.05, 0) is 30.7 Å². The van der Waals surface area contributed by atoms with Gasteiger partial charge >= 0.3 is 5.97 Å². The molecule has 27 nitrogen and oxygen atoms in total. The summed E-state index contributed by atoms with van der Waals surface area (Å²) in [5.74, 6) is -5.97. The molecule has 0 aliphatic carbocycles. The van der Waals surface area contributed by atoms with Crippen LogP contribution in [-0.4, -0.2) is 142 Å². The number of imidazole rings is 3. The number of anilines is 2.